The lowest BCUT2D eigenvalue weighted by atomic mass is 10.0. The van der Waals surface area contributed by atoms with Gasteiger partial charge in [0.1, 0.15) is 22.4 Å². The molecule has 0 radical (unpaired) electrons. The summed E-state index contributed by atoms with van der Waals surface area (Å²) < 4.78 is 12.8. The number of furan rings is 2. The number of pyridine rings is 1. The van der Waals surface area contributed by atoms with Gasteiger partial charge in [-0.1, -0.05) is 152 Å². The van der Waals surface area contributed by atoms with E-state index in [1.807, 2.05) is 91.0 Å². The molecule has 0 amide bonds. The van der Waals surface area contributed by atoms with Crippen molar-refractivity contribution in [1.82, 2.24) is 19.9 Å². The summed E-state index contributed by atoms with van der Waals surface area (Å²) in [5.41, 5.74) is 10.8. The highest BCUT2D eigenvalue weighted by molar-refractivity contribution is 6.20. The molecule has 0 spiro atoms. The summed E-state index contributed by atoms with van der Waals surface area (Å²) in [5.74, 6) is 1.79. The molecule has 11 rings (SSSR count). The maximum atomic E-state index is 6.46. The molecule has 0 aliphatic rings. The van der Waals surface area contributed by atoms with Crippen LogP contribution in [0.1, 0.15) is 0 Å². The van der Waals surface area contributed by atoms with E-state index in [0.29, 0.717) is 17.5 Å². The lowest BCUT2D eigenvalue weighted by Gasteiger charge is -2.10. The average Bonchev–Trinajstić information content (AvgIpc) is 3.83. The predicted molar refractivity (Wildman–Crippen MR) is 217 cm³/mol. The van der Waals surface area contributed by atoms with Crippen LogP contribution in [0, 0.1) is 0 Å². The Morgan fingerprint density at radius 2 is 0.815 bits per heavy atom. The second kappa shape index (κ2) is 12.1. The molecule has 0 unspecified atom stereocenters. The van der Waals surface area contributed by atoms with E-state index in [2.05, 4.69) is 78.9 Å². The number of nitrogens with zero attached hydrogens (tertiary/aromatic N) is 4. The molecule has 0 bridgehead atoms. The van der Waals surface area contributed by atoms with Crippen molar-refractivity contribution in [2.24, 2.45) is 0 Å². The summed E-state index contributed by atoms with van der Waals surface area (Å²) in [6.07, 6.45) is 0. The summed E-state index contributed by atoms with van der Waals surface area (Å²) >= 11 is 0. The van der Waals surface area contributed by atoms with Crippen LogP contribution in [0.25, 0.3) is 111 Å². The van der Waals surface area contributed by atoms with E-state index in [1.165, 1.54) is 0 Å². The normalized spacial score (nSPS) is 11.7. The third kappa shape index (κ3) is 4.89. The number of para-hydroxylation sites is 4. The number of fused-ring (bicyclic) bond motifs is 8. The van der Waals surface area contributed by atoms with Crippen LogP contribution in [0.5, 0.6) is 0 Å². The van der Waals surface area contributed by atoms with E-state index >= 15 is 0 Å². The van der Waals surface area contributed by atoms with E-state index in [0.717, 1.165) is 93.9 Å². The summed E-state index contributed by atoms with van der Waals surface area (Å²) in [6.45, 7) is 0. The number of hydrogen-bond donors (Lipinski definition) is 0. The fourth-order valence-corrected chi connectivity index (χ4v) is 7.53. The summed E-state index contributed by atoms with van der Waals surface area (Å²) in [6, 6.07) is 57.4. The molecule has 7 aromatic carbocycles. The van der Waals surface area contributed by atoms with Crippen molar-refractivity contribution >= 4 is 54.8 Å². The van der Waals surface area contributed by atoms with Crippen LogP contribution in [-0.4, -0.2) is 19.9 Å². The smallest absolute Gasteiger partial charge is 0.164 e. The van der Waals surface area contributed by atoms with E-state index in [-0.39, 0.29) is 0 Å². The number of benzene rings is 7. The number of aromatic nitrogens is 4. The van der Waals surface area contributed by atoms with E-state index in [1.54, 1.807) is 0 Å². The van der Waals surface area contributed by atoms with Crippen LogP contribution >= 0.6 is 0 Å². The zero-order valence-corrected chi connectivity index (χ0v) is 28.8. The maximum absolute atomic E-state index is 6.46. The minimum atomic E-state index is 0.585. The fourth-order valence-electron chi connectivity index (χ4n) is 7.53. The molecule has 0 aliphatic heterocycles. The van der Waals surface area contributed by atoms with Crippen molar-refractivity contribution in [3.05, 3.63) is 170 Å². The molecular formula is C48H28N4O2. The van der Waals surface area contributed by atoms with Crippen molar-refractivity contribution in [3.63, 3.8) is 0 Å². The third-order valence-corrected chi connectivity index (χ3v) is 10.2. The number of hydrogen-bond acceptors (Lipinski definition) is 6. The van der Waals surface area contributed by atoms with Gasteiger partial charge in [0, 0.05) is 54.7 Å². The van der Waals surface area contributed by atoms with Gasteiger partial charge in [0.25, 0.3) is 0 Å². The molecule has 252 valence electrons. The molecule has 0 saturated carbocycles. The monoisotopic (exact) mass is 692 g/mol. The van der Waals surface area contributed by atoms with Crippen LogP contribution in [0.2, 0.25) is 0 Å². The molecule has 54 heavy (non-hydrogen) atoms. The Kier molecular flexibility index (Phi) is 6.75. The third-order valence-electron chi connectivity index (χ3n) is 10.2. The van der Waals surface area contributed by atoms with E-state index in [9.17, 15) is 0 Å². The van der Waals surface area contributed by atoms with Crippen LogP contribution in [-0.2, 0) is 0 Å². The van der Waals surface area contributed by atoms with Crippen LogP contribution in [0.4, 0.5) is 0 Å². The van der Waals surface area contributed by atoms with Crippen molar-refractivity contribution < 1.29 is 8.83 Å². The van der Waals surface area contributed by atoms with Gasteiger partial charge in [0.2, 0.25) is 0 Å². The lowest BCUT2D eigenvalue weighted by molar-refractivity contribution is 0.668. The number of rotatable bonds is 5. The van der Waals surface area contributed by atoms with E-state index in [4.69, 9.17) is 28.8 Å². The Labute approximate surface area is 309 Å². The predicted octanol–water partition coefficient (Wildman–Crippen LogP) is 12.6. The molecule has 4 heterocycles. The van der Waals surface area contributed by atoms with E-state index < -0.39 is 0 Å². The van der Waals surface area contributed by atoms with Crippen molar-refractivity contribution in [2.75, 3.05) is 0 Å². The largest absolute Gasteiger partial charge is 0.455 e. The Hall–Kier alpha value is -7.44. The lowest BCUT2D eigenvalue weighted by Crippen LogP contribution is -2.00. The molecule has 0 atom stereocenters. The molecule has 0 fully saturated rings. The molecule has 4 aromatic heterocycles. The topological polar surface area (TPSA) is 77.8 Å². The average molecular weight is 693 g/mol. The van der Waals surface area contributed by atoms with Crippen LogP contribution in [0.15, 0.2) is 179 Å². The SMILES string of the molecule is c1ccc(-c2nc(-c3ccc(-c4cccc5c4oc4ccccc45)cc3)nc(-c3ccc(-c4nc5ccccc5c5c4oc4ccccc45)cc3)n2)cc1. The van der Waals surface area contributed by atoms with Crippen molar-refractivity contribution in [2.45, 2.75) is 0 Å². The molecule has 6 nitrogen and oxygen atoms in total. The van der Waals surface area contributed by atoms with Gasteiger partial charge in [0.05, 0.1) is 5.52 Å². The fraction of sp³-hybridized carbons (Fsp3) is 0. The summed E-state index contributed by atoms with van der Waals surface area (Å²) in [4.78, 5) is 20.1. The summed E-state index contributed by atoms with van der Waals surface area (Å²) in [7, 11) is 0. The van der Waals surface area contributed by atoms with Gasteiger partial charge < -0.3 is 8.83 Å². The molecule has 6 heteroatoms. The van der Waals surface area contributed by atoms with Gasteiger partial charge >= 0.3 is 0 Å². The zero-order valence-electron chi connectivity index (χ0n) is 28.8. The Balaban J connectivity index is 1.00. The van der Waals surface area contributed by atoms with Crippen LogP contribution < -0.4 is 0 Å². The van der Waals surface area contributed by atoms with Gasteiger partial charge in [0.15, 0.2) is 23.1 Å². The molecule has 0 aliphatic carbocycles. The van der Waals surface area contributed by atoms with Crippen LogP contribution in [0.3, 0.4) is 0 Å². The maximum Gasteiger partial charge on any atom is 0.164 e. The first kappa shape index (κ1) is 30.2. The molecule has 0 N–H and O–H groups in total. The minimum absolute atomic E-state index is 0.585. The summed E-state index contributed by atoms with van der Waals surface area (Å²) in [5, 5.41) is 5.44. The first-order chi connectivity index (χ1) is 26.7. The highest BCUT2D eigenvalue weighted by Crippen LogP contribution is 2.40. The highest BCUT2D eigenvalue weighted by Gasteiger charge is 2.19. The highest BCUT2D eigenvalue weighted by atomic mass is 16.3. The van der Waals surface area contributed by atoms with Gasteiger partial charge in [-0.2, -0.15) is 0 Å². The standard InChI is InChI=1S/C48H28N4O2/c1-2-11-31(12-3-1)46-50-47(32-25-21-29(22-26-32)34-16-10-17-36-35-13-5-8-19-40(35)53-44(34)36)52-48(51-46)33-27-23-30(24-28-33)43-45-42(37-14-4-7-18-39(37)49-43)38-15-6-9-20-41(38)54-45/h1-28H. The quantitative estimate of drug-likeness (QED) is 0.179. The molecule has 0 saturated heterocycles. The van der Waals surface area contributed by atoms with Gasteiger partial charge in [-0.3, -0.25) is 0 Å². The Morgan fingerprint density at radius 1 is 0.315 bits per heavy atom. The Morgan fingerprint density at radius 3 is 1.52 bits per heavy atom. The Bertz CT molecular complexity index is 3200. The first-order valence-electron chi connectivity index (χ1n) is 17.9. The van der Waals surface area contributed by atoms with Crippen molar-refractivity contribution in [1.29, 1.82) is 0 Å². The molecule has 11 aromatic rings. The first-order valence-corrected chi connectivity index (χ1v) is 17.9. The minimum Gasteiger partial charge on any atom is -0.455 e. The van der Waals surface area contributed by atoms with Gasteiger partial charge in [-0.25, -0.2) is 19.9 Å². The van der Waals surface area contributed by atoms with Gasteiger partial charge in [-0.15, -0.1) is 0 Å². The zero-order chi connectivity index (χ0) is 35.6. The second-order valence-electron chi connectivity index (χ2n) is 13.4. The second-order valence-corrected chi connectivity index (χ2v) is 13.4. The molecular weight excluding hydrogens is 665 g/mol. The van der Waals surface area contributed by atoms with Crippen molar-refractivity contribution in [3.8, 4) is 56.5 Å². The van der Waals surface area contributed by atoms with Gasteiger partial charge in [-0.05, 0) is 23.8 Å².